The molecule has 1 N–H and O–H groups in total. The number of nitro groups is 1. The summed E-state index contributed by atoms with van der Waals surface area (Å²) in [6, 6.07) is 0.739. The van der Waals surface area contributed by atoms with Gasteiger partial charge in [-0.15, -0.1) is 11.3 Å². The summed E-state index contributed by atoms with van der Waals surface area (Å²) in [6.07, 6.45) is 0.789. The zero-order valence-corrected chi connectivity index (χ0v) is 8.96. The minimum absolute atomic E-state index is 0.373. The van der Waals surface area contributed by atoms with Gasteiger partial charge in [-0.05, 0) is 0 Å². The van der Waals surface area contributed by atoms with Crippen molar-refractivity contribution in [2.24, 2.45) is 0 Å². The van der Waals surface area contributed by atoms with E-state index in [9.17, 15) is 23.3 Å². The van der Waals surface area contributed by atoms with Crippen molar-refractivity contribution in [3.8, 4) is 0 Å². The van der Waals surface area contributed by atoms with E-state index in [0.29, 0.717) is 11.3 Å². The van der Waals surface area contributed by atoms with Crippen molar-refractivity contribution < 1.29 is 23.2 Å². The second-order valence-electron chi connectivity index (χ2n) is 2.62. The first-order valence-electron chi connectivity index (χ1n) is 3.45. The topological polar surface area (TPSA) is 115 Å². The van der Waals surface area contributed by atoms with Gasteiger partial charge in [-0.2, -0.15) is 0 Å². The van der Waals surface area contributed by atoms with Crippen LogP contribution in [0.4, 0.5) is 5.69 Å². The quantitative estimate of drug-likeness (QED) is 0.626. The van der Waals surface area contributed by atoms with Gasteiger partial charge >= 0.3 is 5.97 Å². The summed E-state index contributed by atoms with van der Waals surface area (Å²) in [5, 5.41) is 19.0. The van der Waals surface area contributed by atoms with Gasteiger partial charge in [0.05, 0.1) is 4.92 Å². The van der Waals surface area contributed by atoms with E-state index in [2.05, 4.69) is 0 Å². The fourth-order valence-corrected chi connectivity index (χ4v) is 2.95. The molecule has 0 saturated heterocycles. The monoisotopic (exact) mass is 251 g/mol. The molecule has 0 unspecified atom stereocenters. The summed E-state index contributed by atoms with van der Waals surface area (Å²) in [6.45, 7) is 0. The van der Waals surface area contributed by atoms with Crippen LogP contribution < -0.4 is 0 Å². The Balaban J connectivity index is 3.51. The van der Waals surface area contributed by atoms with Crippen molar-refractivity contribution in [3.05, 3.63) is 21.1 Å². The predicted octanol–water partition coefficient (Wildman–Crippen LogP) is 0.758. The lowest BCUT2D eigenvalue weighted by atomic mass is 10.4. The second kappa shape index (κ2) is 3.59. The van der Waals surface area contributed by atoms with Crippen molar-refractivity contribution in [1.82, 2.24) is 0 Å². The summed E-state index contributed by atoms with van der Waals surface area (Å²) >= 11 is 0.374. The number of sulfone groups is 1. The Bertz CT molecular complexity index is 528. The molecule has 7 nitrogen and oxygen atoms in total. The van der Waals surface area contributed by atoms with Crippen LogP contribution in [0, 0.1) is 10.1 Å². The first-order valence-corrected chi connectivity index (χ1v) is 6.16. The third-order valence-corrected chi connectivity index (χ3v) is 4.37. The van der Waals surface area contributed by atoms with Gasteiger partial charge in [0, 0.05) is 12.3 Å². The second-order valence-corrected chi connectivity index (χ2v) is 5.88. The number of aromatic carboxylic acids is 1. The largest absolute Gasteiger partial charge is 0.477 e. The van der Waals surface area contributed by atoms with Gasteiger partial charge in [-0.25, -0.2) is 13.2 Å². The predicted molar refractivity (Wildman–Crippen MR) is 51.0 cm³/mol. The fraction of sp³-hybridized carbons (Fsp3) is 0.167. The van der Waals surface area contributed by atoms with Crippen molar-refractivity contribution in [2.45, 2.75) is 4.21 Å². The molecule has 0 aliphatic rings. The maximum absolute atomic E-state index is 11.1. The molecule has 0 spiro atoms. The average Bonchev–Trinajstić information content (AvgIpc) is 2.45. The summed E-state index contributed by atoms with van der Waals surface area (Å²) in [4.78, 5) is 19.7. The van der Waals surface area contributed by atoms with Crippen LogP contribution in [0.15, 0.2) is 10.3 Å². The molecular weight excluding hydrogens is 246 g/mol. The molecule has 0 radical (unpaired) electrons. The highest BCUT2D eigenvalue weighted by molar-refractivity contribution is 7.93. The van der Waals surface area contributed by atoms with Gasteiger partial charge < -0.3 is 5.11 Å². The molecule has 1 aromatic rings. The molecule has 0 aromatic carbocycles. The lowest BCUT2D eigenvalue weighted by Gasteiger charge is -1.91. The SMILES string of the molecule is CS(=O)(=O)c1sc(C(=O)O)cc1[N+](=O)[O-]. The van der Waals surface area contributed by atoms with E-state index in [0.717, 1.165) is 12.3 Å². The summed E-state index contributed by atoms with van der Waals surface area (Å²) < 4.78 is 21.7. The van der Waals surface area contributed by atoms with Crippen LogP contribution in [-0.2, 0) is 9.84 Å². The number of hydrogen-bond acceptors (Lipinski definition) is 6. The zero-order chi connectivity index (χ0) is 11.8. The molecule has 0 saturated carbocycles. The molecular formula is C6H5NO6S2. The smallest absolute Gasteiger partial charge is 0.346 e. The van der Waals surface area contributed by atoms with E-state index in [-0.39, 0.29) is 4.88 Å². The Hall–Kier alpha value is -1.48. The molecule has 9 heteroatoms. The third kappa shape index (κ3) is 2.30. The minimum Gasteiger partial charge on any atom is -0.477 e. The van der Waals surface area contributed by atoms with Crippen molar-refractivity contribution in [3.63, 3.8) is 0 Å². The van der Waals surface area contributed by atoms with Crippen LogP contribution in [-0.4, -0.2) is 30.7 Å². The Morgan fingerprint density at radius 1 is 1.60 bits per heavy atom. The maximum atomic E-state index is 11.1. The number of rotatable bonds is 3. The van der Waals surface area contributed by atoms with Gasteiger partial charge in [0.25, 0.3) is 5.69 Å². The molecule has 82 valence electrons. The highest BCUT2D eigenvalue weighted by Crippen LogP contribution is 2.33. The molecule has 1 rings (SSSR count). The van der Waals surface area contributed by atoms with E-state index in [1.165, 1.54) is 0 Å². The van der Waals surface area contributed by atoms with Crippen LogP contribution in [0.25, 0.3) is 0 Å². The number of nitrogens with zero attached hydrogens (tertiary/aromatic N) is 1. The highest BCUT2D eigenvalue weighted by Gasteiger charge is 2.28. The Labute approximate surface area is 88.0 Å². The van der Waals surface area contributed by atoms with E-state index in [4.69, 9.17) is 5.11 Å². The molecule has 15 heavy (non-hydrogen) atoms. The molecule has 1 aromatic heterocycles. The van der Waals surface area contributed by atoms with Gasteiger partial charge in [0.1, 0.15) is 4.88 Å². The van der Waals surface area contributed by atoms with E-state index in [1.807, 2.05) is 0 Å². The average molecular weight is 251 g/mol. The van der Waals surface area contributed by atoms with Gasteiger partial charge in [-0.1, -0.05) is 0 Å². The molecule has 1 heterocycles. The standard InChI is InChI=1S/C6H5NO6S2/c1-15(12,13)6-3(7(10)11)2-4(14-6)5(8)9/h2H,1H3,(H,8,9). The van der Waals surface area contributed by atoms with Crippen LogP contribution in [0.1, 0.15) is 9.67 Å². The number of thiophene rings is 1. The number of carbonyl (C=O) groups is 1. The lowest BCUT2D eigenvalue weighted by molar-refractivity contribution is -0.387. The van der Waals surface area contributed by atoms with Crippen molar-refractivity contribution in [2.75, 3.05) is 6.26 Å². The fourth-order valence-electron chi connectivity index (χ4n) is 0.863. The number of carboxylic acids is 1. The van der Waals surface area contributed by atoms with Gasteiger partial charge in [-0.3, -0.25) is 10.1 Å². The molecule has 0 bridgehead atoms. The lowest BCUT2D eigenvalue weighted by Crippen LogP contribution is -1.98. The first-order chi connectivity index (χ1) is 6.73. The highest BCUT2D eigenvalue weighted by atomic mass is 32.2. The Kier molecular flexibility index (Phi) is 2.77. The normalized spacial score (nSPS) is 11.3. The zero-order valence-electron chi connectivity index (χ0n) is 7.33. The summed E-state index contributed by atoms with van der Waals surface area (Å²) in [5.41, 5.74) is -0.695. The van der Waals surface area contributed by atoms with Crippen LogP contribution in [0.3, 0.4) is 0 Å². The Morgan fingerprint density at radius 3 is 2.40 bits per heavy atom. The van der Waals surface area contributed by atoms with Crippen LogP contribution in [0.5, 0.6) is 0 Å². The van der Waals surface area contributed by atoms with Crippen molar-refractivity contribution >= 4 is 32.8 Å². The Morgan fingerprint density at radius 2 is 2.13 bits per heavy atom. The molecule has 0 atom stereocenters. The van der Waals surface area contributed by atoms with Gasteiger partial charge in [0.15, 0.2) is 14.0 Å². The molecule has 0 aliphatic heterocycles. The summed E-state index contributed by atoms with van der Waals surface area (Å²) in [7, 11) is -3.78. The summed E-state index contributed by atoms with van der Waals surface area (Å²) in [5.74, 6) is -1.39. The maximum Gasteiger partial charge on any atom is 0.346 e. The minimum atomic E-state index is -3.78. The molecule has 0 fully saturated rings. The van der Waals surface area contributed by atoms with E-state index < -0.39 is 30.6 Å². The number of hydrogen-bond donors (Lipinski definition) is 1. The van der Waals surface area contributed by atoms with Crippen LogP contribution >= 0.6 is 11.3 Å². The van der Waals surface area contributed by atoms with Gasteiger partial charge in [0.2, 0.25) is 0 Å². The molecule has 0 amide bonds. The van der Waals surface area contributed by atoms with E-state index in [1.54, 1.807) is 0 Å². The molecule has 0 aliphatic carbocycles. The number of carboxylic acid groups (broad SMARTS) is 1. The first kappa shape index (κ1) is 11.6. The van der Waals surface area contributed by atoms with E-state index >= 15 is 0 Å². The third-order valence-electron chi connectivity index (χ3n) is 1.42. The van der Waals surface area contributed by atoms with Crippen LogP contribution in [0.2, 0.25) is 0 Å². The van der Waals surface area contributed by atoms with Crippen molar-refractivity contribution in [1.29, 1.82) is 0 Å².